The predicted molar refractivity (Wildman–Crippen MR) is 90.0 cm³/mol. The van der Waals surface area contributed by atoms with E-state index in [1.165, 1.54) is 17.8 Å². The molecule has 1 saturated heterocycles. The lowest BCUT2D eigenvalue weighted by atomic mass is 10.2. The molecule has 23 heavy (non-hydrogen) atoms. The Kier molecular flexibility index (Phi) is 3.71. The molecule has 0 saturated carbocycles. The van der Waals surface area contributed by atoms with Crippen molar-refractivity contribution in [2.24, 2.45) is 0 Å². The Balaban J connectivity index is 1.40. The minimum atomic E-state index is -0.232. The number of para-hydroxylation sites is 1. The van der Waals surface area contributed by atoms with Crippen molar-refractivity contribution in [2.45, 2.75) is 6.54 Å². The molecule has 118 valence electrons. The molecule has 2 heterocycles. The number of nitrogens with zero attached hydrogens (tertiary/aromatic N) is 3. The van der Waals surface area contributed by atoms with E-state index in [4.69, 9.17) is 0 Å². The number of benzene rings is 2. The van der Waals surface area contributed by atoms with Crippen LogP contribution in [-0.2, 0) is 6.54 Å². The number of nitrogens with one attached hydrogen (secondary N) is 1. The lowest BCUT2D eigenvalue weighted by Crippen LogP contribution is -2.46. The molecule has 0 unspecified atom stereocenters. The highest BCUT2D eigenvalue weighted by molar-refractivity contribution is 5.74. The number of rotatable bonds is 3. The van der Waals surface area contributed by atoms with Crippen molar-refractivity contribution in [3.63, 3.8) is 0 Å². The molecular weight excluding hydrogens is 291 g/mol. The van der Waals surface area contributed by atoms with Crippen LogP contribution in [0, 0.1) is 5.82 Å². The molecule has 1 aliphatic rings. The van der Waals surface area contributed by atoms with Crippen LogP contribution < -0.4 is 4.90 Å². The topological polar surface area (TPSA) is 35.2 Å². The molecular formula is C18H19FN4. The van der Waals surface area contributed by atoms with Gasteiger partial charge in [0, 0.05) is 31.9 Å². The molecule has 1 fully saturated rings. The highest BCUT2D eigenvalue weighted by Gasteiger charge is 2.18. The Bertz CT molecular complexity index is 791. The molecule has 0 bridgehead atoms. The Morgan fingerprint density at radius 2 is 1.78 bits per heavy atom. The number of H-pyrrole nitrogens is 1. The molecule has 0 atom stereocenters. The predicted octanol–water partition coefficient (Wildman–Crippen LogP) is 3.02. The van der Waals surface area contributed by atoms with E-state index in [1.54, 1.807) is 6.07 Å². The van der Waals surface area contributed by atoms with Gasteiger partial charge in [0.25, 0.3) is 0 Å². The smallest absolute Gasteiger partial charge is 0.125 e. The fourth-order valence-corrected chi connectivity index (χ4v) is 3.12. The van der Waals surface area contributed by atoms with Crippen LogP contribution in [0.15, 0.2) is 48.5 Å². The third-order valence-electron chi connectivity index (χ3n) is 4.36. The monoisotopic (exact) mass is 310 g/mol. The van der Waals surface area contributed by atoms with Gasteiger partial charge < -0.3 is 9.88 Å². The van der Waals surface area contributed by atoms with Gasteiger partial charge in [0.1, 0.15) is 11.6 Å². The van der Waals surface area contributed by atoms with Crippen LogP contribution in [0.25, 0.3) is 11.0 Å². The number of imidazole rings is 1. The lowest BCUT2D eigenvalue weighted by molar-refractivity contribution is 0.245. The molecule has 4 nitrogen and oxygen atoms in total. The molecule has 1 aliphatic heterocycles. The SMILES string of the molecule is Fc1ccc2nc(CN3CCN(c4ccccc4)CC3)[nH]c2c1. The molecule has 0 aliphatic carbocycles. The summed E-state index contributed by atoms with van der Waals surface area (Å²) >= 11 is 0. The average Bonchev–Trinajstić information content (AvgIpc) is 2.97. The maximum Gasteiger partial charge on any atom is 0.125 e. The van der Waals surface area contributed by atoms with E-state index >= 15 is 0 Å². The number of halogens is 1. The Labute approximate surface area is 134 Å². The number of piperazine rings is 1. The van der Waals surface area contributed by atoms with Crippen molar-refractivity contribution in [1.29, 1.82) is 0 Å². The van der Waals surface area contributed by atoms with Gasteiger partial charge in [0.15, 0.2) is 0 Å². The fraction of sp³-hybridized carbons (Fsp3) is 0.278. The number of aromatic nitrogens is 2. The zero-order valence-corrected chi connectivity index (χ0v) is 12.9. The van der Waals surface area contributed by atoms with Crippen molar-refractivity contribution < 1.29 is 4.39 Å². The van der Waals surface area contributed by atoms with Gasteiger partial charge in [-0.05, 0) is 30.3 Å². The van der Waals surface area contributed by atoms with Crippen LogP contribution in [0.4, 0.5) is 10.1 Å². The first kappa shape index (κ1) is 14.2. The summed E-state index contributed by atoms with van der Waals surface area (Å²) in [4.78, 5) is 12.6. The highest BCUT2D eigenvalue weighted by atomic mass is 19.1. The minimum Gasteiger partial charge on any atom is -0.369 e. The van der Waals surface area contributed by atoms with E-state index in [-0.39, 0.29) is 5.82 Å². The van der Waals surface area contributed by atoms with Crippen LogP contribution in [0.3, 0.4) is 0 Å². The molecule has 4 rings (SSSR count). The molecule has 2 aromatic carbocycles. The standard InChI is InChI=1S/C18H19FN4/c19-14-6-7-16-17(12-14)21-18(20-16)13-22-8-10-23(11-9-22)15-4-2-1-3-5-15/h1-7,12H,8-11,13H2,(H,20,21). The number of hydrogen-bond acceptors (Lipinski definition) is 3. The first-order chi connectivity index (χ1) is 11.3. The maximum absolute atomic E-state index is 13.2. The normalized spacial score (nSPS) is 16.1. The summed E-state index contributed by atoms with van der Waals surface area (Å²) in [5, 5.41) is 0. The Morgan fingerprint density at radius 1 is 1.00 bits per heavy atom. The van der Waals surface area contributed by atoms with Crippen molar-refractivity contribution in [3.05, 3.63) is 60.2 Å². The second-order valence-electron chi connectivity index (χ2n) is 5.94. The van der Waals surface area contributed by atoms with Gasteiger partial charge in [-0.25, -0.2) is 9.37 Å². The van der Waals surface area contributed by atoms with Gasteiger partial charge in [-0.2, -0.15) is 0 Å². The summed E-state index contributed by atoms with van der Waals surface area (Å²) in [5.74, 6) is 0.669. The van der Waals surface area contributed by atoms with Crippen LogP contribution in [0.2, 0.25) is 0 Å². The van der Waals surface area contributed by atoms with E-state index in [0.29, 0.717) is 0 Å². The van der Waals surface area contributed by atoms with E-state index in [1.807, 2.05) is 6.07 Å². The minimum absolute atomic E-state index is 0.232. The highest BCUT2D eigenvalue weighted by Crippen LogP contribution is 2.18. The molecule has 1 aromatic heterocycles. The van der Waals surface area contributed by atoms with Crippen LogP contribution >= 0.6 is 0 Å². The maximum atomic E-state index is 13.2. The zero-order valence-electron chi connectivity index (χ0n) is 12.9. The largest absolute Gasteiger partial charge is 0.369 e. The summed E-state index contributed by atoms with van der Waals surface area (Å²) in [6, 6.07) is 15.2. The van der Waals surface area contributed by atoms with Gasteiger partial charge >= 0.3 is 0 Å². The molecule has 0 amide bonds. The van der Waals surface area contributed by atoms with E-state index in [2.05, 4.69) is 44.0 Å². The van der Waals surface area contributed by atoms with Gasteiger partial charge in [-0.1, -0.05) is 18.2 Å². The number of fused-ring (bicyclic) bond motifs is 1. The molecule has 5 heteroatoms. The summed E-state index contributed by atoms with van der Waals surface area (Å²) in [6.45, 7) is 4.80. The fourth-order valence-electron chi connectivity index (χ4n) is 3.12. The molecule has 3 aromatic rings. The molecule has 0 spiro atoms. The van der Waals surface area contributed by atoms with E-state index in [0.717, 1.165) is 49.6 Å². The average molecular weight is 310 g/mol. The van der Waals surface area contributed by atoms with Crippen LogP contribution in [-0.4, -0.2) is 41.0 Å². The van der Waals surface area contributed by atoms with E-state index in [9.17, 15) is 4.39 Å². The first-order valence-electron chi connectivity index (χ1n) is 7.94. The van der Waals surface area contributed by atoms with Gasteiger partial charge in [-0.3, -0.25) is 4.90 Å². The lowest BCUT2D eigenvalue weighted by Gasteiger charge is -2.35. The summed E-state index contributed by atoms with van der Waals surface area (Å²) in [7, 11) is 0. The molecule has 1 N–H and O–H groups in total. The van der Waals surface area contributed by atoms with Crippen LogP contribution in [0.1, 0.15) is 5.82 Å². The van der Waals surface area contributed by atoms with Crippen molar-refractivity contribution in [2.75, 3.05) is 31.1 Å². The number of anilines is 1. The zero-order chi connectivity index (χ0) is 15.6. The second-order valence-corrected chi connectivity index (χ2v) is 5.94. The van der Waals surface area contributed by atoms with Crippen molar-refractivity contribution >= 4 is 16.7 Å². The Morgan fingerprint density at radius 3 is 2.57 bits per heavy atom. The Hall–Kier alpha value is -2.40. The first-order valence-corrected chi connectivity index (χ1v) is 7.94. The number of aromatic amines is 1. The third kappa shape index (κ3) is 3.05. The van der Waals surface area contributed by atoms with Crippen LogP contribution in [0.5, 0.6) is 0 Å². The van der Waals surface area contributed by atoms with Crippen molar-refractivity contribution in [1.82, 2.24) is 14.9 Å². The quantitative estimate of drug-likeness (QED) is 0.807. The third-order valence-corrected chi connectivity index (χ3v) is 4.36. The summed E-state index contributed by atoms with van der Waals surface area (Å²) in [5.41, 5.74) is 2.87. The van der Waals surface area contributed by atoms with Crippen molar-refractivity contribution in [3.8, 4) is 0 Å². The molecule has 0 radical (unpaired) electrons. The van der Waals surface area contributed by atoms with E-state index < -0.39 is 0 Å². The van der Waals surface area contributed by atoms with Gasteiger partial charge in [0.05, 0.1) is 17.6 Å². The summed E-state index contributed by atoms with van der Waals surface area (Å²) < 4.78 is 13.2. The van der Waals surface area contributed by atoms with Gasteiger partial charge in [-0.15, -0.1) is 0 Å². The second kappa shape index (κ2) is 6.01. The summed E-state index contributed by atoms with van der Waals surface area (Å²) in [6.07, 6.45) is 0. The number of hydrogen-bond donors (Lipinski definition) is 1. The van der Waals surface area contributed by atoms with Gasteiger partial charge in [0.2, 0.25) is 0 Å².